The predicted octanol–water partition coefficient (Wildman–Crippen LogP) is 2.18. The van der Waals surface area contributed by atoms with Crippen molar-refractivity contribution in [2.75, 3.05) is 13.2 Å². The van der Waals surface area contributed by atoms with Gasteiger partial charge in [0.1, 0.15) is 5.54 Å². The normalized spacial score (nSPS) is 20.7. The van der Waals surface area contributed by atoms with E-state index < -0.39 is 11.5 Å². The number of nitrogens with one attached hydrogen (secondary N) is 1. The van der Waals surface area contributed by atoms with E-state index in [-0.39, 0.29) is 0 Å². The Balaban J connectivity index is 2.24. The molecule has 1 saturated heterocycles. The van der Waals surface area contributed by atoms with Gasteiger partial charge in [0.15, 0.2) is 0 Å². The van der Waals surface area contributed by atoms with E-state index >= 15 is 0 Å². The fraction of sp³-hybridized carbons (Fsp3) is 0.923. The van der Waals surface area contributed by atoms with Gasteiger partial charge in [-0.15, -0.1) is 0 Å². The van der Waals surface area contributed by atoms with Crippen molar-refractivity contribution in [1.82, 2.24) is 5.32 Å². The summed E-state index contributed by atoms with van der Waals surface area (Å²) >= 11 is 0. The molecule has 1 aliphatic heterocycles. The zero-order valence-corrected chi connectivity index (χ0v) is 11.0. The minimum absolute atomic E-state index is 0.402. The minimum Gasteiger partial charge on any atom is -0.480 e. The number of carboxylic acids is 1. The lowest BCUT2D eigenvalue weighted by atomic mass is 9.93. The van der Waals surface area contributed by atoms with Crippen LogP contribution in [0.2, 0.25) is 0 Å². The Morgan fingerprint density at radius 3 is 2.65 bits per heavy atom. The summed E-state index contributed by atoms with van der Waals surface area (Å²) in [5.74, 6) is -0.736. The molecule has 1 fully saturated rings. The van der Waals surface area contributed by atoms with Crippen molar-refractivity contribution < 1.29 is 14.6 Å². The van der Waals surface area contributed by atoms with Gasteiger partial charge in [-0.3, -0.25) is 4.79 Å². The molecule has 4 heteroatoms. The Hall–Kier alpha value is -0.610. The number of carboxylic acid groups (broad SMARTS) is 1. The fourth-order valence-corrected chi connectivity index (χ4v) is 2.41. The quantitative estimate of drug-likeness (QED) is 0.641. The van der Waals surface area contributed by atoms with Crippen LogP contribution in [0.3, 0.4) is 0 Å². The minimum atomic E-state index is -0.740. The zero-order valence-electron chi connectivity index (χ0n) is 11.0. The predicted molar refractivity (Wildman–Crippen MR) is 67.2 cm³/mol. The number of ether oxygens (including phenoxy) is 1. The molecule has 0 aromatic rings. The summed E-state index contributed by atoms with van der Waals surface area (Å²) in [5, 5.41) is 12.4. The van der Waals surface area contributed by atoms with E-state index in [0.717, 1.165) is 32.4 Å². The molecule has 0 saturated carbocycles. The van der Waals surface area contributed by atoms with Crippen LogP contribution < -0.4 is 5.32 Å². The molecular formula is C13H25NO3. The third-order valence-electron chi connectivity index (χ3n) is 3.81. The van der Waals surface area contributed by atoms with Gasteiger partial charge in [0.25, 0.3) is 0 Å². The van der Waals surface area contributed by atoms with Crippen molar-refractivity contribution in [1.29, 1.82) is 0 Å². The van der Waals surface area contributed by atoms with Crippen LogP contribution >= 0.6 is 0 Å². The van der Waals surface area contributed by atoms with Crippen LogP contribution in [0.5, 0.6) is 0 Å². The molecule has 1 atom stereocenters. The fourth-order valence-electron chi connectivity index (χ4n) is 2.41. The van der Waals surface area contributed by atoms with Crippen LogP contribution in [0, 0.1) is 0 Å². The van der Waals surface area contributed by atoms with Crippen LogP contribution in [0.15, 0.2) is 0 Å². The van der Waals surface area contributed by atoms with Gasteiger partial charge in [-0.1, -0.05) is 13.8 Å². The molecule has 0 spiro atoms. The SMILES string of the molecule is CCC(CC)(NCCCC1CCCO1)C(=O)O. The monoisotopic (exact) mass is 243 g/mol. The van der Waals surface area contributed by atoms with Crippen LogP contribution in [0.25, 0.3) is 0 Å². The maximum absolute atomic E-state index is 11.2. The molecule has 4 nitrogen and oxygen atoms in total. The largest absolute Gasteiger partial charge is 0.480 e. The molecule has 1 aliphatic rings. The summed E-state index contributed by atoms with van der Waals surface area (Å²) in [4.78, 5) is 11.2. The molecule has 1 rings (SSSR count). The first-order valence-corrected chi connectivity index (χ1v) is 6.74. The van der Waals surface area contributed by atoms with Gasteiger partial charge in [-0.25, -0.2) is 0 Å². The number of aliphatic carboxylic acids is 1. The first-order valence-electron chi connectivity index (χ1n) is 6.74. The highest BCUT2D eigenvalue weighted by molar-refractivity contribution is 5.78. The number of rotatable bonds is 8. The zero-order chi connectivity index (χ0) is 12.7. The highest BCUT2D eigenvalue weighted by Crippen LogP contribution is 2.18. The summed E-state index contributed by atoms with van der Waals surface area (Å²) in [6, 6.07) is 0. The lowest BCUT2D eigenvalue weighted by molar-refractivity contribution is -0.145. The smallest absolute Gasteiger partial charge is 0.323 e. The summed E-state index contributed by atoms with van der Waals surface area (Å²) in [6.45, 7) is 5.49. The van der Waals surface area contributed by atoms with Crippen molar-refractivity contribution in [3.05, 3.63) is 0 Å². The van der Waals surface area contributed by atoms with E-state index in [9.17, 15) is 9.90 Å². The Kier molecular flexibility index (Phi) is 5.92. The van der Waals surface area contributed by atoms with Crippen LogP contribution in [0.1, 0.15) is 52.4 Å². The second-order valence-electron chi connectivity index (χ2n) is 4.80. The van der Waals surface area contributed by atoms with Gasteiger partial charge in [0, 0.05) is 6.61 Å². The number of carbonyl (C=O) groups is 1. The third-order valence-corrected chi connectivity index (χ3v) is 3.81. The molecule has 0 aromatic carbocycles. The Morgan fingerprint density at radius 1 is 1.47 bits per heavy atom. The molecule has 0 aromatic heterocycles. The molecule has 100 valence electrons. The molecule has 0 bridgehead atoms. The number of hydrogen-bond donors (Lipinski definition) is 2. The lowest BCUT2D eigenvalue weighted by Gasteiger charge is -2.28. The van der Waals surface area contributed by atoms with E-state index in [1.54, 1.807) is 0 Å². The summed E-state index contributed by atoms with van der Waals surface area (Å²) in [6.07, 6.45) is 6.00. The first-order chi connectivity index (χ1) is 8.14. The Morgan fingerprint density at radius 2 is 2.18 bits per heavy atom. The van der Waals surface area contributed by atoms with Gasteiger partial charge < -0.3 is 15.2 Å². The Labute approximate surface area is 104 Å². The molecule has 0 radical (unpaired) electrons. The van der Waals surface area contributed by atoms with Gasteiger partial charge in [-0.05, 0) is 45.1 Å². The van der Waals surface area contributed by atoms with E-state index in [4.69, 9.17) is 4.74 Å². The van der Waals surface area contributed by atoms with E-state index in [2.05, 4.69) is 5.32 Å². The van der Waals surface area contributed by atoms with Crippen molar-refractivity contribution in [2.24, 2.45) is 0 Å². The summed E-state index contributed by atoms with van der Waals surface area (Å²) in [5.41, 5.74) is -0.740. The first kappa shape index (κ1) is 14.5. The van der Waals surface area contributed by atoms with Gasteiger partial charge in [0.05, 0.1) is 6.10 Å². The van der Waals surface area contributed by atoms with Crippen LogP contribution in [0.4, 0.5) is 0 Å². The average Bonchev–Trinajstić information content (AvgIpc) is 2.82. The maximum atomic E-state index is 11.2. The van der Waals surface area contributed by atoms with Crippen LogP contribution in [-0.2, 0) is 9.53 Å². The maximum Gasteiger partial charge on any atom is 0.323 e. The molecule has 0 amide bonds. The van der Waals surface area contributed by atoms with Crippen molar-refractivity contribution in [3.63, 3.8) is 0 Å². The van der Waals surface area contributed by atoms with Gasteiger partial charge in [0.2, 0.25) is 0 Å². The van der Waals surface area contributed by atoms with Crippen LogP contribution in [-0.4, -0.2) is 35.9 Å². The molecule has 1 unspecified atom stereocenters. The third kappa shape index (κ3) is 3.96. The summed E-state index contributed by atoms with van der Waals surface area (Å²) in [7, 11) is 0. The highest BCUT2D eigenvalue weighted by atomic mass is 16.5. The van der Waals surface area contributed by atoms with E-state index in [1.807, 2.05) is 13.8 Å². The average molecular weight is 243 g/mol. The van der Waals surface area contributed by atoms with E-state index in [0.29, 0.717) is 18.9 Å². The Bertz CT molecular complexity index is 233. The standard InChI is InChI=1S/C13H25NO3/c1-3-13(4-2,12(15)16)14-9-5-7-11-8-6-10-17-11/h11,14H,3-10H2,1-2H3,(H,15,16). The summed E-state index contributed by atoms with van der Waals surface area (Å²) < 4.78 is 5.54. The van der Waals surface area contributed by atoms with Gasteiger partial charge >= 0.3 is 5.97 Å². The van der Waals surface area contributed by atoms with Crippen molar-refractivity contribution >= 4 is 5.97 Å². The topological polar surface area (TPSA) is 58.6 Å². The lowest BCUT2D eigenvalue weighted by Crippen LogP contribution is -2.51. The second kappa shape index (κ2) is 6.97. The van der Waals surface area contributed by atoms with Crippen molar-refractivity contribution in [2.45, 2.75) is 64.0 Å². The van der Waals surface area contributed by atoms with E-state index in [1.165, 1.54) is 6.42 Å². The van der Waals surface area contributed by atoms with Crippen molar-refractivity contribution in [3.8, 4) is 0 Å². The molecule has 1 heterocycles. The molecule has 2 N–H and O–H groups in total. The molecular weight excluding hydrogens is 218 g/mol. The molecule has 17 heavy (non-hydrogen) atoms. The number of hydrogen-bond acceptors (Lipinski definition) is 3. The highest BCUT2D eigenvalue weighted by Gasteiger charge is 2.33. The molecule has 0 aliphatic carbocycles. The second-order valence-corrected chi connectivity index (χ2v) is 4.80. The van der Waals surface area contributed by atoms with Gasteiger partial charge in [-0.2, -0.15) is 0 Å².